The zero-order chi connectivity index (χ0) is 12.1. The van der Waals surface area contributed by atoms with Crippen LogP contribution in [0.1, 0.15) is 15.9 Å². The van der Waals surface area contributed by atoms with E-state index in [0.29, 0.717) is 13.1 Å². The van der Waals surface area contributed by atoms with Gasteiger partial charge in [-0.3, -0.25) is 4.79 Å². The second kappa shape index (κ2) is 7.25. The maximum absolute atomic E-state index is 13.5. The Kier molecular flexibility index (Phi) is 6.76. The molecule has 1 N–H and O–H groups in total. The van der Waals surface area contributed by atoms with Crippen LogP contribution in [-0.4, -0.2) is 38.0 Å². The van der Waals surface area contributed by atoms with Gasteiger partial charge in [-0.1, -0.05) is 6.07 Å². The summed E-state index contributed by atoms with van der Waals surface area (Å²) >= 11 is 0. The van der Waals surface area contributed by atoms with Crippen LogP contribution in [-0.2, 0) is 0 Å². The zero-order valence-corrected chi connectivity index (χ0v) is 11.1. The number of hydrogen-bond donors (Lipinski definition) is 1. The van der Waals surface area contributed by atoms with Crippen LogP contribution in [0.5, 0.6) is 0 Å². The molecule has 0 aliphatic heterocycles. The molecule has 0 unspecified atom stereocenters. The number of nitrogens with zero attached hydrogens (tertiary/aromatic N) is 1. The maximum atomic E-state index is 13.5. The number of rotatable bonds is 4. The highest BCUT2D eigenvalue weighted by molar-refractivity contribution is 5.94. The van der Waals surface area contributed by atoms with E-state index < -0.39 is 5.82 Å². The van der Waals surface area contributed by atoms with Gasteiger partial charge in [-0.15, -0.1) is 12.4 Å². The molecule has 0 spiro atoms. The molecule has 96 valence electrons. The van der Waals surface area contributed by atoms with Gasteiger partial charge >= 0.3 is 0 Å². The summed E-state index contributed by atoms with van der Waals surface area (Å²) in [5, 5.41) is 2.94. The van der Waals surface area contributed by atoms with Crippen molar-refractivity contribution in [1.29, 1.82) is 0 Å². The van der Waals surface area contributed by atoms with Gasteiger partial charge in [0.15, 0.2) is 0 Å². The standard InChI is InChI=1S/C12H17FN2O.ClH/c1-9-4-5-10(11(13)8-9)12(16)15(3)7-6-14-2;/h4-5,8,14H,6-7H2,1-3H3;1H. The average molecular weight is 261 g/mol. The van der Waals surface area contributed by atoms with E-state index in [1.54, 1.807) is 20.0 Å². The number of aryl methyl sites for hydroxylation is 1. The van der Waals surface area contributed by atoms with Crippen molar-refractivity contribution in [3.8, 4) is 0 Å². The van der Waals surface area contributed by atoms with Gasteiger partial charge in [0.2, 0.25) is 0 Å². The van der Waals surface area contributed by atoms with Gasteiger partial charge in [-0.05, 0) is 31.7 Å². The average Bonchev–Trinajstić information content (AvgIpc) is 2.25. The number of amides is 1. The lowest BCUT2D eigenvalue weighted by Gasteiger charge is -2.17. The summed E-state index contributed by atoms with van der Waals surface area (Å²) in [6, 6.07) is 4.64. The second-order valence-corrected chi connectivity index (χ2v) is 3.81. The third-order valence-corrected chi connectivity index (χ3v) is 2.40. The first-order valence-corrected chi connectivity index (χ1v) is 5.22. The number of hydrogen-bond acceptors (Lipinski definition) is 2. The summed E-state index contributed by atoms with van der Waals surface area (Å²) in [6.07, 6.45) is 0. The number of likely N-dealkylation sites (N-methyl/N-ethyl adjacent to an activating group) is 2. The number of carbonyl (C=O) groups is 1. The van der Waals surface area contributed by atoms with Crippen molar-refractivity contribution in [3.63, 3.8) is 0 Å². The first kappa shape index (κ1) is 15.9. The number of benzene rings is 1. The Morgan fingerprint density at radius 3 is 2.65 bits per heavy atom. The minimum absolute atomic E-state index is 0. The summed E-state index contributed by atoms with van der Waals surface area (Å²) in [5.74, 6) is -0.742. The fourth-order valence-corrected chi connectivity index (χ4v) is 1.38. The molecule has 0 heterocycles. The molecule has 0 aliphatic rings. The third-order valence-electron chi connectivity index (χ3n) is 2.40. The molecule has 0 aliphatic carbocycles. The van der Waals surface area contributed by atoms with Crippen LogP contribution >= 0.6 is 12.4 Å². The lowest BCUT2D eigenvalue weighted by atomic mass is 10.1. The molecular formula is C12H18ClFN2O. The Hall–Kier alpha value is -1.13. The molecule has 0 fully saturated rings. The van der Waals surface area contributed by atoms with Crippen LogP contribution in [0.15, 0.2) is 18.2 Å². The smallest absolute Gasteiger partial charge is 0.256 e. The molecule has 0 radical (unpaired) electrons. The molecule has 1 rings (SSSR count). The number of nitrogens with one attached hydrogen (secondary N) is 1. The Balaban J connectivity index is 0.00000256. The minimum atomic E-state index is -0.457. The van der Waals surface area contributed by atoms with E-state index in [2.05, 4.69) is 5.32 Å². The normalized spacial score (nSPS) is 9.65. The van der Waals surface area contributed by atoms with Gasteiger partial charge in [0.25, 0.3) is 5.91 Å². The topological polar surface area (TPSA) is 32.3 Å². The van der Waals surface area contributed by atoms with Crippen LogP contribution in [0.3, 0.4) is 0 Å². The molecule has 1 amide bonds. The van der Waals surface area contributed by atoms with Crippen molar-refractivity contribution < 1.29 is 9.18 Å². The fraction of sp³-hybridized carbons (Fsp3) is 0.417. The Morgan fingerprint density at radius 2 is 2.12 bits per heavy atom. The third kappa shape index (κ3) is 4.32. The van der Waals surface area contributed by atoms with E-state index in [-0.39, 0.29) is 23.9 Å². The maximum Gasteiger partial charge on any atom is 0.256 e. The highest BCUT2D eigenvalue weighted by atomic mass is 35.5. The second-order valence-electron chi connectivity index (χ2n) is 3.81. The van der Waals surface area contributed by atoms with Crippen LogP contribution in [0.4, 0.5) is 4.39 Å². The van der Waals surface area contributed by atoms with Gasteiger partial charge in [0, 0.05) is 20.1 Å². The molecule has 0 bridgehead atoms. The van der Waals surface area contributed by atoms with Crippen molar-refractivity contribution in [1.82, 2.24) is 10.2 Å². The Morgan fingerprint density at radius 1 is 1.47 bits per heavy atom. The van der Waals surface area contributed by atoms with Gasteiger partial charge < -0.3 is 10.2 Å². The summed E-state index contributed by atoms with van der Waals surface area (Å²) in [4.78, 5) is 13.3. The van der Waals surface area contributed by atoms with Crippen LogP contribution in [0, 0.1) is 12.7 Å². The van der Waals surface area contributed by atoms with Crippen molar-refractivity contribution >= 4 is 18.3 Å². The molecule has 5 heteroatoms. The van der Waals surface area contributed by atoms with E-state index in [4.69, 9.17) is 0 Å². The van der Waals surface area contributed by atoms with E-state index in [1.165, 1.54) is 17.0 Å². The Bertz CT molecular complexity index is 385. The lowest BCUT2D eigenvalue weighted by Crippen LogP contribution is -2.33. The minimum Gasteiger partial charge on any atom is -0.340 e. The van der Waals surface area contributed by atoms with E-state index in [0.717, 1.165) is 5.56 Å². The number of carbonyl (C=O) groups excluding carboxylic acids is 1. The Labute approximate surface area is 107 Å². The monoisotopic (exact) mass is 260 g/mol. The van der Waals surface area contributed by atoms with Crippen LogP contribution in [0.25, 0.3) is 0 Å². The van der Waals surface area contributed by atoms with Gasteiger partial charge in [0.1, 0.15) is 5.82 Å². The van der Waals surface area contributed by atoms with Crippen molar-refractivity contribution in [2.75, 3.05) is 27.2 Å². The summed E-state index contributed by atoms with van der Waals surface area (Å²) in [6.45, 7) is 3.04. The van der Waals surface area contributed by atoms with Gasteiger partial charge in [-0.25, -0.2) is 4.39 Å². The molecule has 0 saturated heterocycles. The zero-order valence-electron chi connectivity index (χ0n) is 10.3. The van der Waals surface area contributed by atoms with Gasteiger partial charge in [-0.2, -0.15) is 0 Å². The van der Waals surface area contributed by atoms with Crippen molar-refractivity contribution in [2.45, 2.75) is 6.92 Å². The predicted octanol–water partition coefficient (Wildman–Crippen LogP) is 1.85. The molecule has 0 saturated carbocycles. The molecule has 17 heavy (non-hydrogen) atoms. The fourth-order valence-electron chi connectivity index (χ4n) is 1.38. The largest absolute Gasteiger partial charge is 0.340 e. The predicted molar refractivity (Wildman–Crippen MR) is 69.3 cm³/mol. The molecule has 1 aromatic rings. The molecule has 0 atom stereocenters. The SMILES string of the molecule is CNCCN(C)C(=O)c1ccc(C)cc1F.Cl. The summed E-state index contributed by atoms with van der Waals surface area (Å²) in [5.41, 5.74) is 0.941. The van der Waals surface area contributed by atoms with E-state index >= 15 is 0 Å². The van der Waals surface area contributed by atoms with Crippen LogP contribution < -0.4 is 5.32 Å². The quantitative estimate of drug-likeness (QED) is 0.896. The van der Waals surface area contributed by atoms with Crippen molar-refractivity contribution in [2.24, 2.45) is 0 Å². The van der Waals surface area contributed by atoms with Crippen molar-refractivity contribution in [3.05, 3.63) is 35.1 Å². The first-order valence-electron chi connectivity index (χ1n) is 5.22. The summed E-state index contributed by atoms with van der Waals surface area (Å²) < 4.78 is 13.5. The first-order chi connectivity index (χ1) is 7.56. The van der Waals surface area contributed by atoms with E-state index in [9.17, 15) is 9.18 Å². The molecule has 0 aromatic heterocycles. The lowest BCUT2D eigenvalue weighted by molar-refractivity contribution is 0.0792. The summed E-state index contributed by atoms with van der Waals surface area (Å²) in [7, 11) is 3.48. The van der Waals surface area contributed by atoms with E-state index in [1.807, 2.05) is 7.05 Å². The molecule has 3 nitrogen and oxygen atoms in total. The highest BCUT2D eigenvalue weighted by Crippen LogP contribution is 2.11. The molecular weight excluding hydrogens is 243 g/mol. The highest BCUT2D eigenvalue weighted by Gasteiger charge is 2.15. The number of halogens is 2. The van der Waals surface area contributed by atoms with Gasteiger partial charge in [0.05, 0.1) is 5.56 Å². The molecule has 1 aromatic carbocycles. The van der Waals surface area contributed by atoms with Crippen LogP contribution in [0.2, 0.25) is 0 Å².